The zero-order chi connectivity index (χ0) is 11.4. The Labute approximate surface area is 90.6 Å². The van der Waals surface area contributed by atoms with Gasteiger partial charge in [-0.25, -0.2) is 0 Å². The summed E-state index contributed by atoms with van der Waals surface area (Å²) in [6.45, 7) is 3.72. The van der Waals surface area contributed by atoms with Crippen LogP contribution >= 0.6 is 0 Å². The van der Waals surface area contributed by atoms with Gasteiger partial charge in [-0.1, -0.05) is 0 Å². The molecule has 1 aromatic carbocycles. The fourth-order valence-electron chi connectivity index (χ4n) is 1.59. The maximum Gasteiger partial charge on any atom is 0.122 e. The highest BCUT2D eigenvalue weighted by molar-refractivity contribution is 5.46. The summed E-state index contributed by atoms with van der Waals surface area (Å²) in [6.07, 6.45) is 0.186. The molecule has 1 rings (SSSR count). The van der Waals surface area contributed by atoms with E-state index < -0.39 is 0 Å². The zero-order valence-electron chi connectivity index (χ0n) is 9.70. The molecule has 3 heteroatoms. The van der Waals surface area contributed by atoms with Crippen molar-refractivity contribution in [3.8, 4) is 11.5 Å². The molecule has 0 aromatic heterocycles. The number of hydrogen-bond acceptors (Lipinski definition) is 3. The third-order valence-electron chi connectivity index (χ3n) is 2.31. The quantitative estimate of drug-likeness (QED) is 0.825. The lowest BCUT2D eigenvalue weighted by molar-refractivity contribution is 0.194. The Kier molecular flexibility index (Phi) is 3.97. The summed E-state index contributed by atoms with van der Waals surface area (Å²) >= 11 is 0. The molecule has 84 valence electrons. The summed E-state index contributed by atoms with van der Waals surface area (Å²) in [4.78, 5) is 0. The number of methoxy groups -OCH3 is 2. The van der Waals surface area contributed by atoms with E-state index in [2.05, 4.69) is 0 Å². The first-order chi connectivity index (χ1) is 7.08. The van der Waals surface area contributed by atoms with Crippen molar-refractivity contribution in [1.82, 2.24) is 0 Å². The van der Waals surface area contributed by atoms with Crippen molar-refractivity contribution < 1.29 is 14.6 Å². The van der Waals surface area contributed by atoms with Crippen LogP contribution in [0, 0.1) is 6.92 Å². The molecular formula is C12H18O3. The Morgan fingerprint density at radius 1 is 1.20 bits per heavy atom. The molecule has 1 unspecified atom stereocenters. The molecule has 3 nitrogen and oxygen atoms in total. The van der Waals surface area contributed by atoms with Crippen LogP contribution in [-0.2, 0) is 6.42 Å². The maximum absolute atomic E-state index is 9.36. The first kappa shape index (κ1) is 11.9. The van der Waals surface area contributed by atoms with Gasteiger partial charge in [-0.2, -0.15) is 0 Å². The smallest absolute Gasteiger partial charge is 0.122 e. The summed E-state index contributed by atoms with van der Waals surface area (Å²) in [7, 11) is 3.27. The number of benzene rings is 1. The molecule has 15 heavy (non-hydrogen) atoms. The molecule has 0 amide bonds. The van der Waals surface area contributed by atoms with E-state index >= 15 is 0 Å². The average Bonchev–Trinajstić information content (AvgIpc) is 2.19. The van der Waals surface area contributed by atoms with Crippen LogP contribution in [0.1, 0.15) is 18.1 Å². The van der Waals surface area contributed by atoms with Crippen molar-refractivity contribution in [3.05, 3.63) is 23.3 Å². The van der Waals surface area contributed by atoms with Crippen LogP contribution in [-0.4, -0.2) is 25.4 Å². The molecule has 0 saturated heterocycles. The molecule has 0 aliphatic heterocycles. The molecule has 0 bridgehead atoms. The minimum absolute atomic E-state index is 0.383. The van der Waals surface area contributed by atoms with Gasteiger partial charge in [0.25, 0.3) is 0 Å². The summed E-state index contributed by atoms with van der Waals surface area (Å²) in [5, 5.41) is 9.36. The number of rotatable bonds is 4. The molecule has 0 radical (unpaired) electrons. The van der Waals surface area contributed by atoms with Crippen LogP contribution < -0.4 is 9.47 Å². The highest BCUT2D eigenvalue weighted by atomic mass is 16.5. The Morgan fingerprint density at radius 3 is 2.27 bits per heavy atom. The molecule has 0 fully saturated rings. The topological polar surface area (TPSA) is 38.7 Å². The normalized spacial score (nSPS) is 12.3. The molecule has 1 aromatic rings. The Morgan fingerprint density at radius 2 is 1.80 bits per heavy atom. The van der Waals surface area contributed by atoms with E-state index in [1.165, 1.54) is 0 Å². The highest BCUT2D eigenvalue weighted by Crippen LogP contribution is 2.28. The summed E-state index contributed by atoms with van der Waals surface area (Å²) in [5.41, 5.74) is 2.00. The van der Waals surface area contributed by atoms with Crippen LogP contribution in [0.2, 0.25) is 0 Å². The first-order valence-corrected chi connectivity index (χ1v) is 4.98. The van der Waals surface area contributed by atoms with E-state index in [-0.39, 0.29) is 6.10 Å². The molecule has 0 spiro atoms. The predicted octanol–water partition coefficient (Wildman–Crippen LogP) is 1.94. The largest absolute Gasteiger partial charge is 0.496 e. The van der Waals surface area contributed by atoms with E-state index in [0.717, 1.165) is 22.6 Å². The predicted molar refractivity (Wildman–Crippen MR) is 59.7 cm³/mol. The number of aliphatic hydroxyl groups excluding tert-OH is 1. The second-order valence-electron chi connectivity index (χ2n) is 3.69. The lowest BCUT2D eigenvalue weighted by atomic mass is 10.0. The van der Waals surface area contributed by atoms with E-state index in [1.807, 2.05) is 19.1 Å². The van der Waals surface area contributed by atoms with Gasteiger partial charge in [0, 0.05) is 12.0 Å². The molecule has 1 atom stereocenters. The summed E-state index contributed by atoms with van der Waals surface area (Å²) in [6, 6.07) is 3.84. The van der Waals surface area contributed by atoms with Gasteiger partial charge in [0.05, 0.1) is 20.3 Å². The zero-order valence-corrected chi connectivity index (χ0v) is 9.70. The van der Waals surface area contributed by atoms with Crippen molar-refractivity contribution in [2.24, 2.45) is 0 Å². The van der Waals surface area contributed by atoms with Crippen molar-refractivity contribution in [1.29, 1.82) is 0 Å². The van der Waals surface area contributed by atoms with Crippen molar-refractivity contribution in [2.75, 3.05) is 14.2 Å². The van der Waals surface area contributed by atoms with E-state index in [4.69, 9.17) is 9.47 Å². The van der Waals surface area contributed by atoms with Gasteiger partial charge in [0.1, 0.15) is 11.5 Å². The monoisotopic (exact) mass is 210 g/mol. The van der Waals surface area contributed by atoms with E-state index in [1.54, 1.807) is 21.1 Å². The highest BCUT2D eigenvalue weighted by Gasteiger charge is 2.10. The lowest BCUT2D eigenvalue weighted by Gasteiger charge is -2.13. The molecule has 0 saturated carbocycles. The molecule has 0 heterocycles. The van der Waals surface area contributed by atoms with Gasteiger partial charge >= 0.3 is 0 Å². The third kappa shape index (κ3) is 2.86. The fourth-order valence-corrected chi connectivity index (χ4v) is 1.59. The molecule has 0 aliphatic carbocycles. The number of hydrogen-bond donors (Lipinski definition) is 1. The van der Waals surface area contributed by atoms with Gasteiger partial charge < -0.3 is 14.6 Å². The SMILES string of the molecule is COc1cc(CC(C)O)c(OC)cc1C. The summed E-state index contributed by atoms with van der Waals surface area (Å²) < 4.78 is 10.5. The van der Waals surface area contributed by atoms with Crippen LogP contribution in [0.5, 0.6) is 11.5 Å². The Bertz CT molecular complexity index is 332. The van der Waals surface area contributed by atoms with Crippen molar-refractivity contribution >= 4 is 0 Å². The lowest BCUT2D eigenvalue weighted by Crippen LogP contribution is -2.06. The van der Waals surface area contributed by atoms with E-state index in [9.17, 15) is 5.11 Å². The fraction of sp³-hybridized carbons (Fsp3) is 0.500. The van der Waals surface area contributed by atoms with Crippen molar-refractivity contribution in [2.45, 2.75) is 26.4 Å². The van der Waals surface area contributed by atoms with Crippen LogP contribution in [0.4, 0.5) is 0 Å². The minimum Gasteiger partial charge on any atom is -0.496 e. The second kappa shape index (κ2) is 5.03. The van der Waals surface area contributed by atoms with Crippen LogP contribution in [0.3, 0.4) is 0 Å². The minimum atomic E-state index is -0.383. The summed E-state index contributed by atoms with van der Waals surface area (Å²) in [5.74, 6) is 1.63. The number of aliphatic hydroxyl groups is 1. The van der Waals surface area contributed by atoms with Crippen LogP contribution in [0.15, 0.2) is 12.1 Å². The van der Waals surface area contributed by atoms with Gasteiger partial charge in [0.2, 0.25) is 0 Å². The van der Waals surface area contributed by atoms with Gasteiger partial charge in [-0.3, -0.25) is 0 Å². The number of aryl methyl sites for hydroxylation is 1. The Hall–Kier alpha value is -1.22. The molecular weight excluding hydrogens is 192 g/mol. The van der Waals surface area contributed by atoms with Gasteiger partial charge in [-0.05, 0) is 31.5 Å². The molecule has 0 aliphatic rings. The van der Waals surface area contributed by atoms with Crippen LogP contribution in [0.25, 0.3) is 0 Å². The number of ether oxygens (including phenoxy) is 2. The first-order valence-electron chi connectivity index (χ1n) is 4.98. The van der Waals surface area contributed by atoms with E-state index in [0.29, 0.717) is 6.42 Å². The maximum atomic E-state index is 9.36. The molecule has 1 N–H and O–H groups in total. The second-order valence-corrected chi connectivity index (χ2v) is 3.69. The average molecular weight is 210 g/mol. The standard InChI is InChI=1S/C12H18O3/c1-8-5-12(15-4)10(6-9(2)13)7-11(8)14-3/h5,7,9,13H,6H2,1-4H3. The van der Waals surface area contributed by atoms with Crippen molar-refractivity contribution in [3.63, 3.8) is 0 Å². The third-order valence-corrected chi connectivity index (χ3v) is 2.31. The Balaban J connectivity index is 3.10. The van der Waals surface area contributed by atoms with Gasteiger partial charge in [-0.15, -0.1) is 0 Å². The van der Waals surface area contributed by atoms with Gasteiger partial charge in [0.15, 0.2) is 0 Å².